The van der Waals surface area contributed by atoms with Crippen molar-refractivity contribution in [1.82, 2.24) is 0 Å². The zero-order valence-corrected chi connectivity index (χ0v) is 12.3. The zero-order chi connectivity index (χ0) is 12.0. The highest BCUT2D eigenvalue weighted by molar-refractivity contribution is 9.10. The Bertz CT molecular complexity index is 627. The van der Waals surface area contributed by atoms with Crippen molar-refractivity contribution in [2.24, 2.45) is 0 Å². The molecule has 0 amide bonds. The van der Waals surface area contributed by atoms with Crippen molar-refractivity contribution >= 4 is 37.4 Å². The van der Waals surface area contributed by atoms with E-state index in [1.165, 1.54) is 27.8 Å². The van der Waals surface area contributed by atoms with E-state index in [4.69, 9.17) is 0 Å². The van der Waals surface area contributed by atoms with Crippen molar-refractivity contribution < 1.29 is 0 Å². The molecule has 0 nitrogen and oxygen atoms in total. The first-order valence-electron chi connectivity index (χ1n) is 5.41. The molecule has 1 aliphatic carbocycles. The molecule has 0 N–H and O–H groups in total. The second-order valence-corrected chi connectivity index (χ2v) is 6.10. The molecule has 0 unspecified atom stereocenters. The molecule has 0 aliphatic heterocycles. The molecule has 0 spiro atoms. The number of hydrogen-bond acceptors (Lipinski definition) is 0. The second-order valence-electron chi connectivity index (χ2n) is 4.27. The van der Waals surface area contributed by atoms with Gasteiger partial charge in [0, 0.05) is 8.95 Å². The average Bonchev–Trinajstić information content (AvgIpc) is 2.29. The van der Waals surface area contributed by atoms with Crippen LogP contribution in [0.3, 0.4) is 0 Å². The molecule has 3 rings (SSSR count). The van der Waals surface area contributed by atoms with Gasteiger partial charge in [0.1, 0.15) is 0 Å². The molecule has 1 aliphatic rings. The summed E-state index contributed by atoms with van der Waals surface area (Å²) in [4.78, 5) is 0. The molecule has 17 heavy (non-hydrogen) atoms. The van der Waals surface area contributed by atoms with E-state index in [1.807, 2.05) is 0 Å². The summed E-state index contributed by atoms with van der Waals surface area (Å²) in [5.41, 5.74) is 6.40. The summed E-state index contributed by atoms with van der Waals surface area (Å²) < 4.78 is 2.24. The van der Waals surface area contributed by atoms with Crippen molar-refractivity contribution in [3.63, 3.8) is 0 Å². The third-order valence-corrected chi connectivity index (χ3v) is 4.11. The molecule has 84 valence electrons. The van der Waals surface area contributed by atoms with Crippen LogP contribution in [0.15, 0.2) is 51.9 Å². The van der Waals surface area contributed by atoms with Gasteiger partial charge in [-0.05, 0) is 58.5 Å². The lowest BCUT2D eigenvalue weighted by Gasteiger charge is -2.22. The fourth-order valence-electron chi connectivity index (χ4n) is 2.34. The van der Waals surface area contributed by atoms with Crippen LogP contribution in [0, 0.1) is 0 Å². The Morgan fingerprint density at radius 1 is 0.824 bits per heavy atom. The van der Waals surface area contributed by atoms with Crippen LogP contribution in [0.4, 0.5) is 0 Å². The van der Waals surface area contributed by atoms with Crippen LogP contribution >= 0.6 is 31.9 Å². The zero-order valence-electron chi connectivity index (χ0n) is 9.13. The lowest BCUT2D eigenvalue weighted by atomic mass is 9.83. The molecule has 0 bridgehead atoms. The molecule has 2 aromatic rings. The lowest BCUT2D eigenvalue weighted by Crippen LogP contribution is -2.02. The Morgan fingerprint density at radius 3 is 2.24 bits per heavy atom. The molecule has 0 aromatic heterocycles. The fraction of sp³-hybridized carbons (Fsp3) is 0.0667. The normalized spacial score (nSPS) is 13.2. The second kappa shape index (κ2) is 4.11. The highest BCUT2D eigenvalue weighted by atomic mass is 79.9. The standard InChI is InChI=1S/C15H10Br2/c1-9-6-10-7-11(16)2-4-13(10)14-5-3-12(17)8-15(9)14/h2-5,7-8H,1,6H2. The van der Waals surface area contributed by atoms with Crippen molar-refractivity contribution in [1.29, 1.82) is 0 Å². The summed E-state index contributed by atoms with van der Waals surface area (Å²) in [6.07, 6.45) is 0.929. The Kier molecular flexibility index (Phi) is 2.72. The summed E-state index contributed by atoms with van der Waals surface area (Å²) in [7, 11) is 0. The van der Waals surface area contributed by atoms with Crippen LogP contribution < -0.4 is 0 Å². The van der Waals surface area contributed by atoms with Gasteiger partial charge in [-0.15, -0.1) is 0 Å². The summed E-state index contributed by atoms with van der Waals surface area (Å²) in [5.74, 6) is 0. The first-order valence-corrected chi connectivity index (χ1v) is 7.00. The minimum absolute atomic E-state index is 0.929. The molecule has 0 fully saturated rings. The number of hydrogen-bond donors (Lipinski definition) is 0. The number of fused-ring (bicyclic) bond motifs is 3. The molecule has 0 atom stereocenters. The number of rotatable bonds is 0. The first kappa shape index (κ1) is 11.2. The SMILES string of the molecule is C=C1Cc2cc(Br)ccc2-c2ccc(Br)cc21. The van der Waals surface area contributed by atoms with Gasteiger partial charge in [0.2, 0.25) is 0 Å². The largest absolute Gasteiger partial charge is 0.0949 e. The summed E-state index contributed by atoms with van der Waals surface area (Å²) in [5, 5.41) is 0. The molecule has 0 saturated carbocycles. The van der Waals surface area contributed by atoms with Gasteiger partial charge in [-0.3, -0.25) is 0 Å². The lowest BCUT2D eigenvalue weighted by molar-refractivity contribution is 1.24. The minimum atomic E-state index is 0.929. The molecule has 0 saturated heterocycles. The van der Waals surface area contributed by atoms with E-state index in [0.717, 1.165) is 15.4 Å². The van der Waals surface area contributed by atoms with E-state index < -0.39 is 0 Å². The first-order chi connectivity index (χ1) is 8.15. The maximum absolute atomic E-state index is 4.19. The van der Waals surface area contributed by atoms with E-state index in [1.54, 1.807) is 0 Å². The number of halogens is 2. The third-order valence-electron chi connectivity index (χ3n) is 3.12. The van der Waals surface area contributed by atoms with Crippen LogP contribution in [-0.2, 0) is 6.42 Å². The highest BCUT2D eigenvalue weighted by Crippen LogP contribution is 2.40. The molecule has 2 heteroatoms. The van der Waals surface area contributed by atoms with Gasteiger partial charge in [-0.1, -0.05) is 50.6 Å². The number of allylic oxidation sites excluding steroid dienone is 1. The van der Waals surface area contributed by atoms with E-state index >= 15 is 0 Å². The molecular formula is C15H10Br2. The maximum atomic E-state index is 4.19. The topological polar surface area (TPSA) is 0 Å². The minimum Gasteiger partial charge on any atom is -0.0949 e. The van der Waals surface area contributed by atoms with Gasteiger partial charge >= 0.3 is 0 Å². The van der Waals surface area contributed by atoms with Gasteiger partial charge in [0.05, 0.1) is 0 Å². The van der Waals surface area contributed by atoms with Gasteiger partial charge in [0.15, 0.2) is 0 Å². The average molecular weight is 350 g/mol. The molecule has 0 radical (unpaired) electrons. The van der Waals surface area contributed by atoms with Crippen molar-refractivity contribution in [3.8, 4) is 11.1 Å². The van der Waals surface area contributed by atoms with Crippen molar-refractivity contribution in [3.05, 3.63) is 63.0 Å². The van der Waals surface area contributed by atoms with Crippen LogP contribution in [-0.4, -0.2) is 0 Å². The molecule has 2 aromatic carbocycles. The van der Waals surface area contributed by atoms with Crippen LogP contribution in [0.2, 0.25) is 0 Å². The smallest absolute Gasteiger partial charge is 0.0181 e. The summed E-state index contributed by atoms with van der Waals surface area (Å²) in [6, 6.07) is 12.9. The molecule has 0 heterocycles. The monoisotopic (exact) mass is 348 g/mol. The van der Waals surface area contributed by atoms with Crippen molar-refractivity contribution in [2.45, 2.75) is 6.42 Å². The summed E-state index contributed by atoms with van der Waals surface area (Å²) in [6.45, 7) is 4.19. The predicted molar refractivity (Wildman–Crippen MR) is 80.0 cm³/mol. The van der Waals surface area contributed by atoms with Crippen LogP contribution in [0.1, 0.15) is 11.1 Å². The maximum Gasteiger partial charge on any atom is 0.0181 e. The Balaban J connectivity index is 2.30. The van der Waals surface area contributed by atoms with E-state index in [2.05, 4.69) is 74.8 Å². The predicted octanol–water partition coefficient (Wildman–Crippen LogP) is 5.45. The summed E-state index contributed by atoms with van der Waals surface area (Å²) >= 11 is 7.05. The van der Waals surface area contributed by atoms with E-state index in [0.29, 0.717) is 0 Å². The van der Waals surface area contributed by atoms with E-state index in [9.17, 15) is 0 Å². The van der Waals surface area contributed by atoms with Gasteiger partial charge in [-0.2, -0.15) is 0 Å². The van der Waals surface area contributed by atoms with Crippen LogP contribution in [0.5, 0.6) is 0 Å². The van der Waals surface area contributed by atoms with Gasteiger partial charge in [-0.25, -0.2) is 0 Å². The Labute approximate surface area is 118 Å². The highest BCUT2D eigenvalue weighted by Gasteiger charge is 2.18. The third kappa shape index (κ3) is 1.90. The van der Waals surface area contributed by atoms with E-state index in [-0.39, 0.29) is 0 Å². The number of benzene rings is 2. The quantitative estimate of drug-likeness (QED) is 0.593. The van der Waals surface area contributed by atoms with Crippen molar-refractivity contribution in [2.75, 3.05) is 0 Å². The van der Waals surface area contributed by atoms with Gasteiger partial charge in [0.25, 0.3) is 0 Å². The molecular weight excluding hydrogens is 340 g/mol. The Morgan fingerprint density at radius 2 is 1.47 bits per heavy atom. The fourth-order valence-corrected chi connectivity index (χ4v) is 3.11. The van der Waals surface area contributed by atoms with Gasteiger partial charge < -0.3 is 0 Å². The Hall–Kier alpha value is -0.860. The van der Waals surface area contributed by atoms with Crippen LogP contribution in [0.25, 0.3) is 16.7 Å².